The van der Waals surface area contributed by atoms with Crippen LogP contribution in [0.25, 0.3) is 5.01 Å². The predicted molar refractivity (Wildman–Crippen MR) is 88.2 cm³/mol. The highest BCUT2D eigenvalue weighted by molar-refractivity contribution is 7.10. The summed E-state index contributed by atoms with van der Waals surface area (Å²) in [6, 6.07) is 5.76. The quantitative estimate of drug-likeness (QED) is 0.314. The highest BCUT2D eigenvalue weighted by Crippen LogP contribution is 2.43. The molecular weight excluding hydrogens is 318 g/mol. The fourth-order valence-electron chi connectivity index (χ4n) is 2.28. The molecule has 23 heavy (non-hydrogen) atoms. The lowest BCUT2D eigenvalue weighted by Crippen LogP contribution is -2.46. The van der Waals surface area contributed by atoms with E-state index in [4.69, 9.17) is 9.47 Å². The van der Waals surface area contributed by atoms with Gasteiger partial charge in [0.15, 0.2) is 11.3 Å². The van der Waals surface area contributed by atoms with E-state index in [9.17, 15) is 14.8 Å². The van der Waals surface area contributed by atoms with Crippen LogP contribution in [0, 0.1) is 16.7 Å². The lowest BCUT2D eigenvalue weighted by molar-refractivity contribution is -0.172. The van der Waals surface area contributed by atoms with Gasteiger partial charge in [0.25, 0.3) is 0 Å². The standard InChI is InChI=1S/C16H19NO5S/c1-4-9-16(14(18)21-5-2,15(19)22-6-3)12(11-17-20)13-8-7-10-23-13/h4,7-8,10,12H,1,5-6,9H2,2-3H3. The molecule has 124 valence electrons. The van der Waals surface area contributed by atoms with E-state index in [1.165, 1.54) is 17.4 Å². The van der Waals surface area contributed by atoms with Crippen LogP contribution >= 0.6 is 11.3 Å². The van der Waals surface area contributed by atoms with Gasteiger partial charge in [0, 0.05) is 9.89 Å². The molecule has 0 amide bonds. The first-order valence-electron chi connectivity index (χ1n) is 7.15. The summed E-state index contributed by atoms with van der Waals surface area (Å²) in [4.78, 5) is 25.9. The molecule has 1 rings (SSSR count). The van der Waals surface area contributed by atoms with Crippen molar-refractivity contribution in [3.63, 3.8) is 0 Å². The van der Waals surface area contributed by atoms with Crippen LogP contribution in [0.4, 0.5) is 0 Å². The number of thiophene rings is 1. The Labute approximate surface area is 139 Å². The van der Waals surface area contributed by atoms with E-state index in [0.29, 0.717) is 4.88 Å². The van der Waals surface area contributed by atoms with Gasteiger partial charge in [-0.2, -0.15) is 0 Å². The molecule has 1 heterocycles. The van der Waals surface area contributed by atoms with Gasteiger partial charge in [-0.15, -0.1) is 17.9 Å². The normalized spacial score (nSPS) is 11.7. The zero-order valence-electron chi connectivity index (χ0n) is 13.1. The molecule has 0 aliphatic carbocycles. The fourth-order valence-corrected chi connectivity index (χ4v) is 3.14. The fraction of sp³-hybridized carbons (Fsp3) is 0.438. The van der Waals surface area contributed by atoms with E-state index in [1.54, 1.807) is 31.4 Å². The molecule has 0 aliphatic rings. The van der Waals surface area contributed by atoms with Crippen molar-refractivity contribution in [3.8, 4) is 6.07 Å². The minimum absolute atomic E-state index is 0.0598. The molecule has 0 saturated carbocycles. The van der Waals surface area contributed by atoms with Crippen LogP contribution in [-0.2, 0) is 19.1 Å². The molecule has 1 unspecified atom stereocenters. The Morgan fingerprint density at radius 3 is 2.43 bits per heavy atom. The molecule has 0 fully saturated rings. The van der Waals surface area contributed by atoms with Gasteiger partial charge >= 0.3 is 18.0 Å². The summed E-state index contributed by atoms with van der Waals surface area (Å²) in [5.41, 5.74) is -1.77. The molecule has 6 nitrogen and oxygen atoms in total. The molecule has 0 aliphatic heterocycles. The average Bonchev–Trinajstić information content (AvgIpc) is 3.05. The van der Waals surface area contributed by atoms with E-state index >= 15 is 0 Å². The van der Waals surface area contributed by atoms with Crippen molar-refractivity contribution in [2.45, 2.75) is 26.2 Å². The molecule has 0 aromatic carbocycles. The topological polar surface area (TPSA) is 80.0 Å². The first-order valence-corrected chi connectivity index (χ1v) is 8.03. The number of ether oxygens (including phenoxy) is 2. The van der Waals surface area contributed by atoms with Gasteiger partial charge in [-0.1, -0.05) is 12.1 Å². The Morgan fingerprint density at radius 2 is 2.04 bits per heavy atom. The van der Waals surface area contributed by atoms with Crippen LogP contribution in [0.3, 0.4) is 0 Å². The van der Waals surface area contributed by atoms with Crippen molar-refractivity contribution in [1.29, 1.82) is 0 Å². The highest BCUT2D eigenvalue weighted by atomic mass is 32.1. The van der Waals surface area contributed by atoms with Gasteiger partial charge < -0.3 is 14.7 Å². The zero-order chi connectivity index (χ0) is 17.3. The predicted octanol–water partition coefficient (Wildman–Crippen LogP) is 3.35. The molecule has 0 spiro atoms. The second-order valence-corrected chi connectivity index (χ2v) is 5.55. The SMILES string of the molecule is C=CCC(C(=O)OCC)(C(=O)OCC)C(C#[N+][O-])c1cccs1. The Bertz CT molecular complexity index is 582. The molecule has 1 aromatic heterocycles. The lowest BCUT2D eigenvalue weighted by Gasteiger charge is -2.30. The Hall–Kier alpha value is -2.33. The average molecular weight is 337 g/mol. The largest absolute Gasteiger partial charge is 0.498 e. The maximum Gasteiger partial charge on any atom is 0.325 e. The Kier molecular flexibility index (Phi) is 7.29. The molecule has 0 saturated heterocycles. The van der Waals surface area contributed by atoms with Crippen molar-refractivity contribution >= 4 is 23.3 Å². The van der Waals surface area contributed by atoms with Gasteiger partial charge in [-0.25, -0.2) is 0 Å². The van der Waals surface area contributed by atoms with Crippen molar-refractivity contribution in [3.05, 3.63) is 45.3 Å². The van der Waals surface area contributed by atoms with Crippen LogP contribution in [-0.4, -0.2) is 25.2 Å². The van der Waals surface area contributed by atoms with Crippen LogP contribution in [0.2, 0.25) is 0 Å². The van der Waals surface area contributed by atoms with E-state index < -0.39 is 23.3 Å². The summed E-state index contributed by atoms with van der Waals surface area (Å²) in [5, 5.41) is 15.3. The lowest BCUT2D eigenvalue weighted by atomic mass is 9.72. The third-order valence-electron chi connectivity index (χ3n) is 3.25. The number of carbonyl (C=O) groups excluding carboxylic acids is 2. The zero-order valence-corrected chi connectivity index (χ0v) is 13.9. The van der Waals surface area contributed by atoms with Crippen molar-refractivity contribution < 1.29 is 19.1 Å². The molecule has 0 bridgehead atoms. The van der Waals surface area contributed by atoms with E-state index in [2.05, 4.69) is 17.7 Å². The van der Waals surface area contributed by atoms with Crippen molar-refractivity contribution in [2.75, 3.05) is 13.2 Å². The number of esters is 2. The van der Waals surface area contributed by atoms with E-state index in [-0.39, 0.29) is 19.6 Å². The molecule has 0 radical (unpaired) electrons. The van der Waals surface area contributed by atoms with Crippen molar-refractivity contribution in [1.82, 2.24) is 0 Å². The minimum Gasteiger partial charge on any atom is -0.498 e. The molecular formula is C16H19NO5S. The summed E-state index contributed by atoms with van der Waals surface area (Å²) in [5.74, 6) is -2.57. The maximum absolute atomic E-state index is 12.6. The van der Waals surface area contributed by atoms with E-state index in [1.807, 2.05) is 0 Å². The number of carbonyl (C=O) groups is 2. The molecule has 7 heteroatoms. The van der Waals surface area contributed by atoms with Gasteiger partial charge in [0.1, 0.15) is 0 Å². The first-order chi connectivity index (χ1) is 11.1. The molecule has 0 N–H and O–H groups in total. The van der Waals surface area contributed by atoms with Crippen LogP contribution in [0.1, 0.15) is 31.1 Å². The summed E-state index contributed by atoms with van der Waals surface area (Å²) in [7, 11) is 0. The highest BCUT2D eigenvalue weighted by Gasteiger charge is 2.57. The van der Waals surface area contributed by atoms with Gasteiger partial charge in [-0.05, 0) is 31.7 Å². The second kappa shape index (κ2) is 8.96. The number of hydrogen-bond acceptors (Lipinski definition) is 6. The third-order valence-corrected chi connectivity index (χ3v) is 4.19. The monoisotopic (exact) mass is 337 g/mol. The van der Waals surface area contributed by atoms with Gasteiger partial charge in [-0.3, -0.25) is 9.59 Å². The summed E-state index contributed by atoms with van der Waals surface area (Å²) in [6.07, 6.45) is 1.36. The molecule has 1 aromatic rings. The smallest absolute Gasteiger partial charge is 0.325 e. The van der Waals surface area contributed by atoms with E-state index in [0.717, 1.165) is 0 Å². The minimum atomic E-state index is -1.77. The second-order valence-electron chi connectivity index (χ2n) is 4.57. The van der Waals surface area contributed by atoms with Crippen molar-refractivity contribution in [2.24, 2.45) is 5.41 Å². The van der Waals surface area contributed by atoms with Crippen LogP contribution in [0.5, 0.6) is 0 Å². The van der Waals surface area contributed by atoms with Crippen LogP contribution < -0.4 is 0 Å². The number of rotatable bonds is 8. The van der Waals surface area contributed by atoms with Crippen LogP contribution in [0.15, 0.2) is 30.2 Å². The Balaban J connectivity index is 3.54. The Morgan fingerprint density at radius 1 is 1.43 bits per heavy atom. The number of nitrogens with zero attached hydrogens (tertiary/aromatic N) is 1. The summed E-state index contributed by atoms with van der Waals surface area (Å²) >= 11 is 1.28. The maximum atomic E-state index is 12.6. The number of allylic oxidation sites excluding steroid dienone is 1. The number of hydrogen-bond donors (Lipinski definition) is 0. The first kappa shape index (κ1) is 18.7. The van der Waals surface area contributed by atoms with Gasteiger partial charge in [0.05, 0.1) is 13.2 Å². The summed E-state index contributed by atoms with van der Waals surface area (Å²) in [6.45, 7) is 7.04. The van der Waals surface area contributed by atoms with Gasteiger partial charge in [0.2, 0.25) is 0 Å². The third kappa shape index (κ3) is 3.90. The summed E-state index contributed by atoms with van der Waals surface area (Å²) < 4.78 is 10.2. The molecule has 1 atom stereocenters.